The molecule has 0 radical (unpaired) electrons. The quantitative estimate of drug-likeness (QED) is 0.876. The Balaban J connectivity index is 1.62. The minimum absolute atomic E-state index is 0.0170. The van der Waals surface area contributed by atoms with E-state index in [-0.39, 0.29) is 17.9 Å². The topological polar surface area (TPSA) is 71.1 Å². The summed E-state index contributed by atoms with van der Waals surface area (Å²) in [6.45, 7) is 6.14. The summed E-state index contributed by atoms with van der Waals surface area (Å²) in [6.07, 6.45) is 0.694. The van der Waals surface area contributed by atoms with Gasteiger partial charge in [0.05, 0.1) is 29.6 Å². The smallest absolute Gasteiger partial charge is 0.228 e. The van der Waals surface area contributed by atoms with Gasteiger partial charge >= 0.3 is 0 Å². The molecule has 5 nitrogen and oxygen atoms in total. The summed E-state index contributed by atoms with van der Waals surface area (Å²) in [6, 6.07) is 5.71. The van der Waals surface area contributed by atoms with Crippen LogP contribution in [0.1, 0.15) is 54.6 Å². The Morgan fingerprint density at radius 1 is 1.38 bits per heavy atom. The van der Waals surface area contributed by atoms with Crippen LogP contribution in [0.15, 0.2) is 23.6 Å². The van der Waals surface area contributed by atoms with E-state index in [1.54, 1.807) is 11.3 Å². The number of nitrogens with zero attached hydrogens (tertiary/aromatic N) is 1. The van der Waals surface area contributed by atoms with Crippen molar-refractivity contribution < 1.29 is 9.59 Å². The van der Waals surface area contributed by atoms with Crippen molar-refractivity contribution in [1.82, 2.24) is 10.3 Å². The molecule has 0 saturated carbocycles. The molecule has 2 aromatic rings. The molecule has 1 aliphatic rings. The molecular formula is C18H21N3O2S. The van der Waals surface area contributed by atoms with Crippen LogP contribution in [0.3, 0.4) is 0 Å². The number of benzene rings is 1. The van der Waals surface area contributed by atoms with Gasteiger partial charge in [0.1, 0.15) is 0 Å². The van der Waals surface area contributed by atoms with Crippen molar-refractivity contribution in [1.29, 1.82) is 0 Å². The highest BCUT2D eigenvalue weighted by Gasteiger charge is 2.19. The van der Waals surface area contributed by atoms with Crippen LogP contribution in [-0.2, 0) is 22.4 Å². The number of hydrogen-bond acceptors (Lipinski definition) is 4. The highest BCUT2D eigenvalue weighted by Crippen LogP contribution is 2.26. The lowest BCUT2D eigenvalue weighted by Crippen LogP contribution is -2.28. The lowest BCUT2D eigenvalue weighted by molar-refractivity contribution is -0.121. The average molecular weight is 343 g/mol. The molecule has 1 atom stereocenters. The number of aromatic nitrogens is 1. The molecule has 0 aliphatic carbocycles. The second-order valence-corrected chi connectivity index (χ2v) is 7.33. The molecule has 2 N–H and O–H groups in total. The molecule has 126 valence electrons. The zero-order valence-electron chi connectivity index (χ0n) is 14.1. The maximum absolute atomic E-state index is 12.2. The van der Waals surface area contributed by atoms with E-state index < -0.39 is 0 Å². The zero-order valence-corrected chi connectivity index (χ0v) is 14.9. The molecule has 0 saturated heterocycles. The van der Waals surface area contributed by atoms with E-state index in [2.05, 4.69) is 29.5 Å². The Morgan fingerprint density at radius 3 is 2.88 bits per heavy atom. The molecule has 0 spiro atoms. The van der Waals surface area contributed by atoms with Crippen molar-refractivity contribution in [2.24, 2.45) is 0 Å². The van der Waals surface area contributed by atoms with E-state index in [4.69, 9.17) is 0 Å². The van der Waals surface area contributed by atoms with E-state index in [1.807, 2.05) is 30.5 Å². The van der Waals surface area contributed by atoms with Crippen molar-refractivity contribution in [2.45, 2.75) is 45.6 Å². The van der Waals surface area contributed by atoms with Gasteiger partial charge in [0.15, 0.2) is 0 Å². The van der Waals surface area contributed by atoms with E-state index in [0.717, 1.165) is 27.5 Å². The minimum atomic E-state index is -0.110. The third-order valence-corrected chi connectivity index (χ3v) is 5.23. The maximum Gasteiger partial charge on any atom is 0.228 e. The van der Waals surface area contributed by atoms with Crippen LogP contribution in [0.4, 0.5) is 5.69 Å². The van der Waals surface area contributed by atoms with Crippen molar-refractivity contribution >= 4 is 28.8 Å². The number of anilines is 1. The number of nitrogens with one attached hydrogen (secondary N) is 2. The molecule has 1 aromatic carbocycles. The molecular weight excluding hydrogens is 322 g/mol. The van der Waals surface area contributed by atoms with Gasteiger partial charge in [-0.15, -0.1) is 11.3 Å². The second-order valence-electron chi connectivity index (χ2n) is 6.44. The van der Waals surface area contributed by atoms with Crippen molar-refractivity contribution in [3.05, 3.63) is 45.4 Å². The first kappa shape index (κ1) is 16.6. The summed E-state index contributed by atoms with van der Waals surface area (Å²) in [5.74, 6) is 0.356. The molecule has 0 bridgehead atoms. The van der Waals surface area contributed by atoms with E-state index in [0.29, 0.717) is 18.8 Å². The van der Waals surface area contributed by atoms with Crippen LogP contribution < -0.4 is 10.6 Å². The fourth-order valence-corrected chi connectivity index (χ4v) is 3.56. The first-order chi connectivity index (χ1) is 11.4. The van der Waals surface area contributed by atoms with Crippen LogP contribution in [0.2, 0.25) is 0 Å². The van der Waals surface area contributed by atoms with Gasteiger partial charge in [0, 0.05) is 17.0 Å². The summed E-state index contributed by atoms with van der Waals surface area (Å²) >= 11 is 1.60. The summed E-state index contributed by atoms with van der Waals surface area (Å²) < 4.78 is 0. The van der Waals surface area contributed by atoms with Gasteiger partial charge < -0.3 is 10.6 Å². The molecule has 1 aliphatic heterocycles. The second kappa shape index (κ2) is 6.73. The highest BCUT2D eigenvalue weighted by atomic mass is 32.1. The van der Waals surface area contributed by atoms with Crippen molar-refractivity contribution in [3.8, 4) is 0 Å². The molecule has 1 unspecified atom stereocenters. The van der Waals surface area contributed by atoms with Gasteiger partial charge in [-0.2, -0.15) is 0 Å². The highest BCUT2D eigenvalue weighted by molar-refractivity contribution is 7.09. The molecule has 2 heterocycles. The monoisotopic (exact) mass is 343 g/mol. The average Bonchev–Trinajstić information content (AvgIpc) is 3.11. The first-order valence-corrected chi connectivity index (χ1v) is 8.96. The Hall–Kier alpha value is -2.21. The summed E-state index contributed by atoms with van der Waals surface area (Å²) in [5.41, 5.74) is 3.67. The van der Waals surface area contributed by atoms with Gasteiger partial charge in [-0.25, -0.2) is 4.98 Å². The standard InChI is InChI=1S/C18H21N3O2S/c1-10(2)18-20-14(9-24-18)8-17(23)19-11(3)12-4-5-15-13(6-12)7-16(22)21-15/h4-6,9-11H,7-8H2,1-3H3,(H,19,23)(H,21,22). The SMILES string of the molecule is CC(C)c1nc(CC(=O)NC(C)c2ccc3c(c2)CC(=O)N3)cs1. The van der Waals surface area contributed by atoms with Gasteiger partial charge in [0.2, 0.25) is 11.8 Å². The van der Waals surface area contributed by atoms with Gasteiger partial charge in [-0.1, -0.05) is 26.0 Å². The number of hydrogen-bond donors (Lipinski definition) is 2. The summed E-state index contributed by atoms with van der Waals surface area (Å²) in [5, 5.41) is 8.83. The normalized spacial score (nSPS) is 14.4. The fraction of sp³-hybridized carbons (Fsp3) is 0.389. The predicted octanol–water partition coefficient (Wildman–Crippen LogP) is 3.18. The van der Waals surface area contributed by atoms with Gasteiger partial charge in [0.25, 0.3) is 0 Å². The first-order valence-electron chi connectivity index (χ1n) is 8.08. The Labute approximate surface area is 145 Å². The molecule has 1 aromatic heterocycles. The van der Waals surface area contributed by atoms with Crippen LogP contribution in [0.5, 0.6) is 0 Å². The van der Waals surface area contributed by atoms with Crippen LogP contribution in [-0.4, -0.2) is 16.8 Å². The van der Waals surface area contributed by atoms with Crippen molar-refractivity contribution in [3.63, 3.8) is 0 Å². The Morgan fingerprint density at radius 2 is 2.17 bits per heavy atom. The third kappa shape index (κ3) is 3.64. The number of fused-ring (bicyclic) bond motifs is 1. The molecule has 2 amide bonds. The van der Waals surface area contributed by atoms with Crippen LogP contribution >= 0.6 is 11.3 Å². The molecule has 0 fully saturated rings. The number of thiazole rings is 1. The number of carbonyl (C=O) groups excluding carboxylic acids is 2. The van der Waals surface area contributed by atoms with E-state index in [9.17, 15) is 9.59 Å². The van der Waals surface area contributed by atoms with Crippen molar-refractivity contribution in [2.75, 3.05) is 5.32 Å². The van der Waals surface area contributed by atoms with Gasteiger partial charge in [-0.3, -0.25) is 9.59 Å². The molecule has 6 heteroatoms. The fourth-order valence-electron chi connectivity index (χ4n) is 2.73. The summed E-state index contributed by atoms with van der Waals surface area (Å²) in [7, 11) is 0. The Kier molecular flexibility index (Phi) is 4.66. The number of carbonyl (C=O) groups is 2. The van der Waals surface area contributed by atoms with Crippen LogP contribution in [0, 0.1) is 0 Å². The lowest BCUT2D eigenvalue weighted by atomic mass is 10.0. The number of rotatable bonds is 5. The molecule has 24 heavy (non-hydrogen) atoms. The largest absolute Gasteiger partial charge is 0.349 e. The Bertz CT molecular complexity index is 782. The predicted molar refractivity (Wildman–Crippen MR) is 95.2 cm³/mol. The number of amides is 2. The zero-order chi connectivity index (χ0) is 17.3. The van der Waals surface area contributed by atoms with Gasteiger partial charge in [-0.05, 0) is 24.1 Å². The minimum Gasteiger partial charge on any atom is -0.349 e. The summed E-state index contributed by atoms with van der Waals surface area (Å²) in [4.78, 5) is 28.2. The van der Waals surface area contributed by atoms with E-state index in [1.165, 1.54) is 0 Å². The molecule has 3 rings (SSSR count). The lowest BCUT2D eigenvalue weighted by Gasteiger charge is -2.15. The van der Waals surface area contributed by atoms with E-state index >= 15 is 0 Å². The third-order valence-electron chi connectivity index (χ3n) is 4.04. The van der Waals surface area contributed by atoms with Crippen LogP contribution in [0.25, 0.3) is 0 Å². The maximum atomic E-state index is 12.2.